The average Bonchev–Trinajstić information content (AvgIpc) is 3.05. The van der Waals surface area contributed by atoms with Gasteiger partial charge >= 0.3 is 6.18 Å². The fourth-order valence-electron chi connectivity index (χ4n) is 1.94. The van der Waals surface area contributed by atoms with Gasteiger partial charge in [-0.2, -0.15) is 13.2 Å². The number of alkyl halides is 3. The van der Waals surface area contributed by atoms with Crippen molar-refractivity contribution >= 4 is 5.91 Å². The molecule has 1 aliphatic rings. The first-order chi connectivity index (χ1) is 8.33. The molecule has 1 atom stereocenters. The zero-order valence-corrected chi connectivity index (χ0v) is 10.7. The summed E-state index contributed by atoms with van der Waals surface area (Å²) in [5, 5.41) is 0. The van der Waals surface area contributed by atoms with E-state index < -0.39 is 12.7 Å². The summed E-state index contributed by atoms with van der Waals surface area (Å²) in [6.07, 6.45) is -1.32. The molecule has 2 N–H and O–H groups in total. The van der Waals surface area contributed by atoms with Gasteiger partial charge in [-0.05, 0) is 38.1 Å². The van der Waals surface area contributed by atoms with Crippen molar-refractivity contribution in [2.24, 2.45) is 11.7 Å². The van der Waals surface area contributed by atoms with Gasteiger partial charge in [-0.15, -0.1) is 0 Å². The highest BCUT2D eigenvalue weighted by Gasteiger charge is 2.40. The van der Waals surface area contributed by atoms with Crippen molar-refractivity contribution < 1.29 is 18.0 Å². The molecule has 0 aromatic rings. The maximum atomic E-state index is 12.4. The highest BCUT2D eigenvalue weighted by Crippen LogP contribution is 2.31. The molecule has 0 bridgehead atoms. The third-order valence-electron chi connectivity index (χ3n) is 3.17. The molecule has 0 radical (unpaired) electrons. The molecule has 0 aromatic carbocycles. The minimum Gasteiger partial charge on any atom is -0.331 e. The van der Waals surface area contributed by atoms with Crippen molar-refractivity contribution in [2.45, 2.75) is 51.2 Å². The van der Waals surface area contributed by atoms with E-state index in [1.807, 2.05) is 6.92 Å². The second kappa shape index (κ2) is 6.41. The molecule has 1 saturated carbocycles. The summed E-state index contributed by atoms with van der Waals surface area (Å²) < 4.78 is 37.1. The lowest BCUT2D eigenvalue weighted by Gasteiger charge is -2.24. The Morgan fingerprint density at radius 2 is 2.00 bits per heavy atom. The van der Waals surface area contributed by atoms with Crippen molar-refractivity contribution in [1.82, 2.24) is 4.90 Å². The first kappa shape index (κ1) is 15.3. The first-order valence-corrected chi connectivity index (χ1v) is 6.39. The molecule has 106 valence electrons. The van der Waals surface area contributed by atoms with Gasteiger partial charge in [0.25, 0.3) is 0 Å². The molecule has 1 rings (SSSR count). The van der Waals surface area contributed by atoms with E-state index in [0.717, 1.165) is 11.3 Å². The molecule has 18 heavy (non-hydrogen) atoms. The van der Waals surface area contributed by atoms with Gasteiger partial charge < -0.3 is 10.6 Å². The predicted octanol–water partition coefficient (Wildman–Crippen LogP) is 2.30. The number of hydrogen-bond acceptors (Lipinski definition) is 2. The molecule has 0 aromatic heterocycles. The standard InChI is InChI=1S/C12H21F3N2O/c1-9(6-7-16)2-5-11(18)17(10-3-4-10)8-12(13,14)15/h9-10H,2-8,16H2,1H3. The van der Waals surface area contributed by atoms with Gasteiger partial charge in [-0.25, -0.2) is 0 Å². The molecule has 1 fully saturated rings. The summed E-state index contributed by atoms with van der Waals surface area (Å²) in [5.74, 6) is -0.0930. The minimum absolute atomic E-state index is 0.188. The Bertz CT molecular complexity index is 277. The summed E-state index contributed by atoms with van der Waals surface area (Å²) in [6.45, 7) is 1.40. The average molecular weight is 266 g/mol. The number of halogens is 3. The SMILES string of the molecule is CC(CCN)CCC(=O)N(CC(F)(F)F)C1CC1. The summed E-state index contributed by atoms with van der Waals surface area (Å²) in [6, 6.07) is -0.191. The quantitative estimate of drug-likeness (QED) is 0.768. The number of amides is 1. The lowest BCUT2D eigenvalue weighted by molar-refractivity contribution is -0.162. The monoisotopic (exact) mass is 266 g/mol. The number of nitrogens with zero attached hydrogens (tertiary/aromatic N) is 1. The molecule has 6 heteroatoms. The number of nitrogens with two attached hydrogens (primary N) is 1. The van der Waals surface area contributed by atoms with Crippen molar-refractivity contribution in [3.05, 3.63) is 0 Å². The summed E-state index contributed by atoms with van der Waals surface area (Å²) in [4.78, 5) is 12.8. The van der Waals surface area contributed by atoms with Gasteiger partial charge in [0.05, 0.1) is 0 Å². The fraction of sp³-hybridized carbons (Fsp3) is 0.917. The molecule has 1 unspecified atom stereocenters. The van der Waals surface area contributed by atoms with Crippen LogP contribution in [0, 0.1) is 5.92 Å². The van der Waals surface area contributed by atoms with Crippen LogP contribution in [0.5, 0.6) is 0 Å². The van der Waals surface area contributed by atoms with Crippen molar-refractivity contribution in [3.8, 4) is 0 Å². The summed E-state index contributed by atoms with van der Waals surface area (Å²) in [7, 11) is 0. The first-order valence-electron chi connectivity index (χ1n) is 6.39. The Morgan fingerprint density at radius 1 is 1.39 bits per heavy atom. The normalized spacial score (nSPS) is 17.6. The lowest BCUT2D eigenvalue weighted by atomic mass is 10.0. The molecule has 0 spiro atoms. The van der Waals surface area contributed by atoms with Gasteiger partial charge in [-0.3, -0.25) is 4.79 Å². The van der Waals surface area contributed by atoms with Gasteiger partial charge in [0.15, 0.2) is 0 Å². The Balaban J connectivity index is 2.40. The van der Waals surface area contributed by atoms with E-state index in [1.165, 1.54) is 0 Å². The van der Waals surface area contributed by atoms with Crippen LogP contribution < -0.4 is 5.73 Å². The lowest BCUT2D eigenvalue weighted by Crippen LogP contribution is -2.40. The van der Waals surface area contributed by atoms with Crippen LogP contribution in [0.3, 0.4) is 0 Å². The molecular weight excluding hydrogens is 245 g/mol. The largest absolute Gasteiger partial charge is 0.406 e. The molecular formula is C12H21F3N2O. The third kappa shape index (κ3) is 5.71. The smallest absolute Gasteiger partial charge is 0.331 e. The van der Waals surface area contributed by atoms with Gasteiger partial charge in [0.2, 0.25) is 5.91 Å². The van der Waals surface area contributed by atoms with Crippen LogP contribution in [0.2, 0.25) is 0 Å². The Kier molecular flexibility index (Phi) is 5.44. The van der Waals surface area contributed by atoms with E-state index in [9.17, 15) is 18.0 Å². The van der Waals surface area contributed by atoms with Crippen LogP contribution in [-0.4, -0.2) is 36.1 Å². The van der Waals surface area contributed by atoms with E-state index in [1.54, 1.807) is 0 Å². The van der Waals surface area contributed by atoms with Gasteiger partial charge in [0.1, 0.15) is 6.54 Å². The van der Waals surface area contributed by atoms with Crippen LogP contribution in [0.4, 0.5) is 13.2 Å². The van der Waals surface area contributed by atoms with Gasteiger partial charge in [-0.1, -0.05) is 6.92 Å². The second-order valence-electron chi connectivity index (χ2n) is 5.09. The molecule has 1 amide bonds. The fourth-order valence-corrected chi connectivity index (χ4v) is 1.94. The molecule has 0 heterocycles. The van der Waals surface area contributed by atoms with Crippen molar-refractivity contribution in [1.29, 1.82) is 0 Å². The van der Waals surface area contributed by atoms with Crippen LogP contribution in [-0.2, 0) is 4.79 Å². The topological polar surface area (TPSA) is 46.3 Å². The van der Waals surface area contributed by atoms with Crippen LogP contribution >= 0.6 is 0 Å². The highest BCUT2D eigenvalue weighted by atomic mass is 19.4. The van der Waals surface area contributed by atoms with E-state index in [2.05, 4.69) is 0 Å². The van der Waals surface area contributed by atoms with E-state index in [4.69, 9.17) is 5.73 Å². The minimum atomic E-state index is -4.30. The van der Waals surface area contributed by atoms with Crippen molar-refractivity contribution in [3.63, 3.8) is 0 Å². The van der Waals surface area contributed by atoms with Crippen molar-refractivity contribution in [2.75, 3.05) is 13.1 Å². The van der Waals surface area contributed by atoms with E-state index >= 15 is 0 Å². The number of carbonyl (C=O) groups is 1. The highest BCUT2D eigenvalue weighted by molar-refractivity contribution is 5.76. The zero-order chi connectivity index (χ0) is 13.8. The van der Waals surface area contributed by atoms with E-state index in [-0.39, 0.29) is 24.3 Å². The zero-order valence-electron chi connectivity index (χ0n) is 10.7. The van der Waals surface area contributed by atoms with Crippen LogP contribution in [0.1, 0.15) is 39.0 Å². The molecule has 3 nitrogen and oxygen atoms in total. The van der Waals surface area contributed by atoms with Crippen LogP contribution in [0.25, 0.3) is 0 Å². The Labute approximate surface area is 106 Å². The maximum absolute atomic E-state index is 12.4. The summed E-state index contributed by atoms with van der Waals surface area (Å²) in [5.41, 5.74) is 5.39. The second-order valence-corrected chi connectivity index (χ2v) is 5.09. The molecule has 0 saturated heterocycles. The van der Waals surface area contributed by atoms with Crippen LogP contribution in [0.15, 0.2) is 0 Å². The number of carbonyl (C=O) groups excluding carboxylic acids is 1. The van der Waals surface area contributed by atoms with E-state index in [0.29, 0.717) is 25.8 Å². The summed E-state index contributed by atoms with van der Waals surface area (Å²) >= 11 is 0. The van der Waals surface area contributed by atoms with Gasteiger partial charge in [0, 0.05) is 12.5 Å². The predicted molar refractivity (Wildman–Crippen MR) is 62.9 cm³/mol. The Morgan fingerprint density at radius 3 is 2.44 bits per heavy atom. The maximum Gasteiger partial charge on any atom is 0.406 e. The number of hydrogen-bond donors (Lipinski definition) is 1. The third-order valence-corrected chi connectivity index (χ3v) is 3.17. The Hall–Kier alpha value is -0.780. The molecule has 1 aliphatic carbocycles. The number of rotatable bonds is 7. The molecule has 0 aliphatic heterocycles.